The normalized spacial score (nSPS) is 15.3. The van der Waals surface area contributed by atoms with E-state index in [0.717, 1.165) is 33.3 Å². The second-order valence-electron chi connectivity index (χ2n) is 7.40. The summed E-state index contributed by atoms with van der Waals surface area (Å²) in [5.41, 5.74) is 3.01. The molecule has 6 heteroatoms. The molecule has 3 aromatic carbocycles. The molecule has 1 atom stereocenters. The first-order chi connectivity index (χ1) is 14.7. The number of fused-ring (bicyclic) bond motifs is 3. The Bertz CT molecular complexity index is 1030. The van der Waals surface area contributed by atoms with E-state index in [4.69, 9.17) is 21.4 Å². The zero-order chi connectivity index (χ0) is 20.9. The van der Waals surface area contributed by atoms with Crippen molar-refractivity contribution in [3.8, 4) is 5.75 Å². The number of aliphatic hydroxyl groups excluding tert-OH is 1. The number of nitrogens with one attached hydrogen (secondary N) is 1. The molecule has 0 saturated carbocycles. The van der Waals surface area contributed by atoms with Crippen molar-refractivity contribution in [2.75, 3.05) is 30.5 Å². The van der Waals surface area contributed by atoms with Crippen LogP contribution in [0.15, 0.2) is 60.7 Å². The van der Waals surface area contributed by atoms with Crippen molar-refractivity contribution in [2.24, 2.45) is 0 Å². The summed E-state index contributed by atoms with van der Waals surface area (Å²) < 4.78 is 6.20. The molecule has 0 fully saturated rings. The van der Waals surface area contributed by atoms with Gasteiger partial charge in [0.1, 0.15) is 12.4 Å². The van der Waals surface area contributed by atoms with Crippen LogP contribution < -0.4 is 15.0 Å². The van der Waals surface area contributed by atoms with E-state index >= 15 is 0 Å². The average Bonchev–Trinajstić information content (AvgIpc) is 3.17. The van der Waals surface area contributed by atoms with Crippen LogP contribution in [0.4, 0.5) is 10.5 Å². The number of amides is 2. The highest BCUT2D eigenvalue weighted by atomic mass is 35.5. The predicted octanol–water partition coefficient (Wildman–Crippen LogP) is 4.65. The van der Waals surface area contributed by atoms with Crippen LogP contribution in [-0.4, -0.2) is 36.7 Å². The van der Waals surface area contributed by atoms with E-state index in [0.29, 0.717) is 32.0 Å². The molecule has 156 valence electrons. The SMILES string of the molecule is O=C(NCCCO)N1CC(CCl)c2c1cc(OCc1ccccc1)c1ccccc21. The first-order valence-corrected chi connectivity index (χ1v) is 10.7. The number of anilines is 1. The van der Waals surface area contributed by atoms with Crippen molar-refractivity contribution in [3.63, 3.8) is 0 Å². The van der Waals surface area contributed by atoms with E-state index < -0.39 is 0 Å². The fourth-order valence-electron chi connectivity index (χ4n) is 3.96. The summed E-state index contributed by atoms with van der Waals surface area (Å²) in [5.74, 6) is 1.23. The second kappa shape index (κ2) is 9.37. The molecule has 1 unspecified atom stereocenters. The third kappa shape index (κ3) is 4.09. The summed E-state index contributed by atoms with van der Waals surface area (Å²) in [7, 11) is 0. The number of carbonyl (C=O) groups excluding carboxylic acids is 1. The lowest BCUT2D eigenvalue weighted by Gasteiger charge is -2.20. The summed E-state index contributed by atoms with van der Waals surface area (Å²) >= 11 is 6.29. The Labute approximate surface area is 181 Å². The maximum Gasteiger partial charge on any atom is 0.321 e. The Morgan fingerprint density at radius 2 is 1.87 bits per heavy atom. The van der Waals surface area contributed by atoms with Crippen LogP contribution in [0.2, 0.25) is 0 Å². The molecule has 1 heterocycles. The fraction of sp³-hybridized carbons (Fsp3) is 0.292. The van der Waals surface area contributed by atoms with Crippen LogP contribution in [0.3, 0.4) is 0 Å². The molecule has 2 N–H and O–H groups in total. The van der Waals surface area contributed by atoms with Gasteiger partial charge in [0.15, 0.2) is 0 Å². The lowest BCUT2D eigenvalue weighted by atomic mass is 9.95. The molecule has 1 aliphatic heterocycles. The van der Waals surface area contributed by atoms with Crippen LogP contribution in [0.5, 0.6) is 5.75 Å². The van der Waals surface area contributed by atoms with Gasteiger partial charge in [-0.2, -0.15) is 0 Å². The second-order valence-corrected chi connectivity index (χ2v) is 7.71. The number of carbonyl (C=O) groups is 1. The van der Waals surface area contributed by atoms with Gasteiger partial charge in [0.25, 0.3) is 0 Å². The van der Waals surface area contributed by atoms with E-state index in [1.165, 1.54) is 0 Å². The number of rotatable bonds is 7. The van der Waals surface area contributed by atoms with Gasteiger partial charge in [-0.25, -0.2) is 4.79 Å². The topological polar surface area (TPSA) is 61.8 Å². The zero-order valence-electron chi connectivity index (χ0n) is 16.7. The van der Waals surface area contributed by atoms with Crippen LogP contribution in [0.25, 0.3) is 10.8 Å². The van der Waals surface area contributed by atoms with Gasteiger partial charge in [-0.15, -0.1) is 11.6 Å². The minimum absolute atomic E-state index is 0.0449. The molecule has 0 saturated heterocycles. The Hall–Kier alpha value is -2.76. The van der Waals surface area contributed by atoms with Gasteiger partial charge in [-0.1, -0.05) is 54.6 Å². The first-order valence-electron chi connectivity index (χ1n) is 10.2. The largest absolute Gasteiger partial charge is 0.488 e. The minimum atomic E-state index is -0.179. The van der Waals surface area contributed by atoms with Crippen molar-refractivity contribution < 1.29 is 14.6 Å². The molecule has 0 radical (unpaired) electrons. The van der Waals surface area contributed by atoms with Crippen molar-refractivity contribution in [2.45, 2.75) is 18.9 Å². The molecule has 4 rings (SSSR count). The Kier molecular flexibility index (Phi) is 6.41. The number of nitrogens with zero attached hydrogens (tertiary/aromatic N) is 1. The van der Waals surface area contributed by atoms with Gasteiger partial charge in [0, 0.05) is 42.9 Å². The molecule has 0 spiro atoms. The molecule has 0 aliphatic carbocycles. The van der Waals surface area contributed by atoms with Gasteiger partial charge in [0.05, 0.1) is 5.69 Å². The maximum absolute atomic E-state index is 12.8. The molecule has 2 amide bonds. The van der Waals surface area contributed by atoms with Crippen molar-refractivity contribution >= 4 is 34.1 Å². The average molecular weight is 425 g/mol. The lowest BCUT2D eigenvalue weighted by Crippen LogP contribution is -2.40. The monoisotopic (exact) mass is 424 g/mol. The van der Waals surface area contributed by atoms with E-state index in [-0.39, 0.29) is 18.6 Å². The van der Waals surface area contributed by atoms with Crippen molar-refractivity contribution in [1.29, 1.82) is 0 Å². The number of hydrogen-bond acceptors (Lipinski definition) is 3. The highest BCUT2D eigenvalue weighted by Gasteiger charge is 2.34. The quantitative estimate of drug-likeness (QED) is 0.428. The van der Waals surface area contributed by atoms with E-state index in [1.54, 1.807) is 4.90 Å². The first kappa shape index (κ1) is 20.5. The van der Waals surface area contributed by atoms with Crippen LogP contribution in [0.1, 0.15) is 23.5 Å². The smallest absolute Gasteiger partial charge is 0.321 e. The van der Waals surface area contributed by atoms with Gasteiger partial charge < -0.3 is 15.2 Å². The van der Waals surface area contributed by atoms with E-state index in [1.807, 2.05) is 54.6 Å². The Morgan fingerprint density at radius 1 is 1.13 bits per heavy atom. The molecule has 30 heavy (non-hydrogen) atoms. The number of benzene rings is 3. The van der Waals surface area contributed by atoms with E-state index in [9.17, 15) is 4.79 Å². The Morgan fingerprint density at radius 3 is 2.60 bits per heavy atom. The predicted molar refractivity (Wildman–Crippen MR) is 121 cm³/mol. The van der Waals surface area contributed by atoms with Gasteiger partial charge >= 0.3 is 6.03 Å². The lowest BCUT2D eigenvalue weighted by molar-refractivity contribution is 0.243. The summed E-state index contributed by atoms with van der Waals surface area (Å²) in [6, 6.07) is 19.9. The van der Waals surface area contributed by atoms with Crippen molar-refractivity contribution in [1.82, 2.24) is 5.32 Å². The molecule has 0 aromatic heterocycles. The van der Waals surface area contributed by atoms with Crippen molar-refractivity contribution in [3.05, 3.63) is 71.8 Å². The van der Waals surface area contributed by atoms with Gasteiger partial charge in [-0.05, 0) is 22.9 Å². The number of ether oxygens (including phenoxy) is 1. The molecular weight excluding hydrogens is 400 g/mol. The molecule has 5 nitrogen and oxygen atoms in total. The van der Waals surface area contributed by atoms with Crippen LogP contribution in [0, 0.1) is 0 Å². The summed E-state index contributed by atoms with van der Waals surface area (Å²) in [5, 5.41) is 14.0. The van der Waals surface area contributed by atoms with Crippen LogP contribution >= 0.6 is 11.6 Å². The minimum Gasteiger partial charge on any atom is -0.488 e. The summed E-state index contributed by atoms with van der Waals surface area (Å²) in [6.07, 6.45) is 0.522. The number of halogens is 1. The highest BCUT2D eigenvalue weighted by molar-refractivity contribution is 6.19. The summed E-state index contributed by atoms with van der Waals surface area (Å²) in [6.45, 7) is 1.45. The number of aliphatic hydroxyl groups is 1. The van der Waals surface area contributed by atoms with Gasteiger partial charge in [0.2, 0.25) is 0 Å². The standard InChI is InChI=1S/C24H25ClN2O3/c25-14-18-15-27(24(29)26-11-6-12-28)21-13-22(30-16-17-7-2-1-3-8-17)19-9-4-5-10-20(19)23(18)21/h1-5,7-10,13,18,28H,6,11-12,14-16H2,(H,26,29). The molecule has 1 aliphatic rings. The number of hydrogen-bond donors (Lipinski definition) is 2. The Balaban J connectivity index is 1.71. The fourth-order valence-corrected chi connectivity index (χ4v) is 4.21. The maximum atomic E-state index is 12.8. The summed E-state index contributed by atoms with van der Waals surface area (Å²) in [4.78, 5) is 14.6. The highest BCUT2D eigenvalue weighted by Crippen LogP contribution is 2.45. The zero-order valence-corrected chi connectivity index (χ0v) is 17.4. The third-order valence-electron chi connectivity index (χ3n) is 5.41. The molecule has 3 aromatic rings. The van der Waals surface area contributed by atoms with Gasteiger partial charge in [-0.3, -0.25) is 4.90 Å². The third-order valence-corrected chi connectivity index (χ3v) is 5.78. The number of alkyl halides is 1. The van der Waals surface area contributed by atoms with E-state index in [2.05, 4.69) is 11.4 Å². The molecular formula is C24H25ClN2O3. The number of urea groups is 1. The van der Waals surface area contributed by atoms with Crippen LogP contribution in [-0.2, 0) is 6.61 Å². The molecule has 0 bridgehead atoms.